The van der Waals surface area contributed by atoms with Gasteiger partial charge in [0.25, 0.3) is 0 Å². The highest BCUT2D eigenvalue weighted by molar-refractivity contribution is 5.96. The topological polar surface area (TPSA) is 53.7 Å². The van der Waals surface area contributed by atoms with Crippen molar-refractivity contribution in [2.45, 2.75) is 0 Å². The minimum Gasteiger partial charge on any atom is -0.369 e. The second-order valence-electron chi connectivity index (χ2n) is 5.96. The number of carbonyl (C=O) groups excluding carboxylic acids is 1. The Hall–Kier alpha value is -2.73. The summed E-state index contributed by atoms with van der Waals surface area (Å²) in [4.78, 5) is 25.5. The van der Waals surface area contributed by atoms with Crippen LogP contribution >= 0.6 is 0 Å². The molecule has 0 N–H and O–H groups in total. The van der Waals surface area contributed by atoms with Crippen LogP contribution in [0.2, 0.25) is 0 Å². The fraction of sp³-hybridized carbons (Fsp3) is 0.278. The zero-order chi connectivity index (χ0) is 16.4. The van der Waals surface area contributed by atoms with Gasteiger partial charge in [-0.05, 0) is 18.2 Å². The number of ketones is 1. The summed E-state index contributed by atoms with van der Waals surface area (Å²) >= 11 is 0. The van der Waals surface area contributed by atoms with Crippen molar-refractivity contribution in [2.24, 2.45) is 0 Å². The van der Waals surface area contributed by atoms with E-state index in [2.05, 4.69) is 44.0 Å². The SMILES string of the molecule is O=C(CN1CCN(c2ccccc2)CC1)c1cnc2ncccn12. The van der Waals surface area contributed by atoms with E-state index in [0.717, 1.165) is 26.2 Å². The highest BCUT2D eigenvalue weighted by Crippen LogP contribution is 2.16. The Morgan fingerprint density at radius 2 is 1.79 bits per heavy atom. The van der Waals surface area contributed by atoms with Gasteiger partial charge >= 0.3 is 0 Å². The molecular weight excluding hydrogens is 302 g/mol. The third kappa shape index (κ3) is 2.88. The van der Waals surface area contributed by atoms with Gasteiger partial charge in [0.1, 0.15) is 5.69 Å². The summed E-state index contributed by atoms with van der Waals surface area (Å²) < 4.78 is 1.75. The van der Waals surface area contributed by atoms with Crippen LogP contribution in [0.1, 0.15) is 10.5 Å². The molecule has 0 saturated carbocycles. The van der Waals surface area contributed by atoms with Crippen LogP contribution in [-0.4, -0.2) is 57.8 Å². The zero-order valence-corrected chi connectivity index (χ0v) is 13.4. The number of piperazine rings is 1. The smallest absolute Gasteiger partial charge is 0.234 e. The van der Waals surface area contributed by atoms with Crippen molar-refractivity contribution in [3.05, 3.63) is 60.7 Å². The van der Waals surface area contributed by atoms with Crippen LogP contribution in [0.15, 0.2) is 55.0 Å². The number of anilines is 1. The molecule has 2 aromatic heterocycles. The van der Waals surface area contributed by atoms with E-state index in [1.807, 2.05) is 18.3 Å². The van der Waals surface area contributed by atoms with Gasteiger partial charge in [-0.15, -0.1) is 0 Å². The molecule has 1 aliphatic heterocycles. The fourth-order valence-corrected chi connectivity index (χ4v) is 3.12. The number of Topliss-reactive ketones (excluding diaryl/α,β-unsaturated/α-hetero) is 1. The van der Waals surface area contributed by atoms with Crippen molar-refractivity contribution in [2.75, 3.05) is 37.6 Å². The number of imidazole rings is 1. The van der Waals surface area contributed by atoms with Crippen LogP contribution in [0.5, 0.6) is 0 Å². The van der Waals surface area contributed by atoms with Crippen molar-refractivity contribution in [3.8, 4) is 0 Å². The summed E-state index contributed by atoms with van der Waals surface area (Å²) in [5.41, 5.74) is 1.85. The Morgan fingerprint density at radius 3 is 2.58 bits per heavy atom. The van der Waals surface area contributed by atoms with Crippen molar-refractivity contribution >= 4 is 17.2 Å². The minimum absolute atomic E-state index is 0.0867. The zero-order valence-electron chi connectivity index (χ0n) is 13.4. The molecule has 0 atom stereocenters. The Morgan fingerprint density at radius 1 is 1.00 bits per heavy atom. The molecule has 6 heteroatoms. The first kappa shape index (κ1) is 14.8. The number of para-hydroxylation sites is 1. The highest BCUT2D eigenvalue weighted by Gasteiger charge is 2.21. The average Bonchev–Trinajstić information content (AvgIpc) is 3.07. The Bertz CT molecular complexity index is 837. The predicted molar refractivity (Wildman–Crippen MR) is 92.4 cm³/mol. The molecule has 0 spiro atoms. The van der Waals surface area contributed by atoms with Crippen LogP contribution in [0, 0.1) is 0 Å². The molecular formula is C18H19N5O. The van der Waals surface area contributed by atoms with E-state index in [1.54, 1.807) is 16.8 Å². The molecule has 1 fully saturated rings. The van der Waals surface area contributed by atoms with Gasteiger partial charge in [0.2, 0.25) is 5.78 Å². The van der Waals surface area contributed by atoms with Gasteiger partial charge in [0.05, 0.1) is 12.7 Å². The molecule has 24 heavy (non-hydrogen) atoms. The molecule has 1 saturated heterocycles. The lowest BCUT2D eigenvalue weighted by atomic mass is 10.2. The monoisotopic (exact) mass is 321 g/mol. The lowest BCUT2D eigenvalue weighted by Crippen LogP contribution is -2.48. The maximum Gasteiger partial charge on any atom is 0.234 e. The van der Waals surface area contributed by atoms with Crippen LogP contribution in [-0.2, 0) is 0 Å². The lowest BCUT2D eigenvalue weighted by Gasteiger charge is -2.35. The van der Waals surface area contributed by atoms with Crippen molar-refractivity contribution in [3.63, 3.8) is 0 Å². The maximum atomic E-state index is 12.6. The van der Waals surface area contributed by atoms with Crippen LogP contribution in [0.3, 0.4) is 0 Å². The second kappa shape index (κ2) is 6.41. The first-order chi connectivity index (χ1) is 11.8. The van der Waals surface area contributed by atoms with Crippen LogP contribution in [0.4, 0.5) is 5.69 Å². The van der Waals surface area contributed by atoms with Gasteiger partial charge in [-0.3, -0.25) is 14.1 Å². The van der Waals surface area contributed by atoms with E-state index >= 15 is 0 Å². The summed E-state index contributed by atoms with van der Waals surface area (Å²) in [6, 6.07) is 12.2. The Labute approximate surface area is 140 Å². The van der Waals surface area contributed by atoms with E-state index < -0.39 is 0 Å². The van der Waals surface area contributed by atoms with E-state index in [1.165, 1.54) is 5.69 Å². The number of hydrogen-bond acceptors (Lipinski definition) is 5. The number of rotatable bonds is 4. The summed E-state index contributed by atoms with van der Waals surface area (Å²) in [5, 5.41) is 0. The fourth-order valence-electron chi connectivity index (χ4n) is 3.12. The van der Waals surface area contributed by atoms with Crippen molar-refractivity contribution in [1.29, 1.82) is 0 Å². The Balaban J connectivity index is 1.39. The molecule has 3 heterocycles. The molecule has 1 aromatic carbocycles. The van der Waals surface area contributed by atoms with Crippen LogP contribution in [0.25, 0.3) is 5.78 Å². The normalized spacial score (nSPS) is 15.8. The molecule has 4 rings (SSSR count). The molecule has 0 aliphatic carbocycles. The van der Waals surface area contributed by atoms with Gasteiger partial charge in [0, 0.05) is 44.3 Å². The van der Waals surface area contributed by atoms with Gasteiger partial charge in [-0.2, -0.15) is 0 Å². The largest absolute Gasteiger partial charge is 0.369 e. The van der Waals surface area contributed by atoms with Crippen LogP contribution < -0.4 is 4.90 Å². The summed E-state index contributed by atoms with van der Waals surface area (Å²) in [7, 11) is 0. The maximum absolute atomic E-state index is 12.6. The first-order valence-corrected chi connectivity index (χ1v) is 8.15. The molecule has 122 valence electrons. The second-order valence-corrected chi connectivity index (χ2v) is 5.96. The highest BCUT2D eigenvalue weighted by atomic mass is 16.1. The number of nitrogens with zero attached hydrogens (tertiary/aromatic N) is 5. The number of fused-ring (bicyclic) bond motifs is 1. The minimum atomic E-state index is 0.0867. The Kier molecular flexibility index (Phi) is 3.96. The van der Waals surface area contributed by atoms with E-state index in [-0.39, 0.29) is 5.78 Å². The first-order valence-electron chi connectivity index (χ1n) is 8.15. The van der Waals surface area contributed by atoms with Crippen molar-refractivity contribution < 1.29 is 4.79 Å². The number of aromatic nitrogens is 3. The van der Waals surface area contributed by atoms with E-state index in [0.29, 0.717) is 18.0 Å². The molecule has 6 nitrogen and oxygen atoms in total. The third-order valence-corrected chi connectivity index (χ3v) is 4.44. The van der Waals surface area contributed by atoms with Gasteiger partial charge < -0.3 is 4.90 Å². The molecule has 0 amide bonds. The van der Waals surface area contributed by atoms with E-state index in [4.69, 9.17) is 0 Å². The molecule has 3 aromatic rings. The summed E-state index contributed by atoms with van der Waals surface area (Å²) in [6.07, 6.45) is 5.13. The molecule has 0 radical (unpaired) electrons. The van der Waals surface area contributed by atoms with Gasteiger partial charge in [-0.1, -0.05) is 18.2 Å². The molecule has 0 unspecified atom stereocenters. The molecule has 0 bridgehead atoms. The number of hydrogen-bond donors (Lipinski definition) is 0. The van der Waals surface area contributed by atoms with Gasteiger partial charge in [0.15, 0.2) is 5.78 Å². The van der Waals surface area contributed by atoms with Gasteiger partial charge in [-0.25, -0.2) is 9.97 Å². The molecule has 1 aliphatic rings. The average molecular weight is 321 g/mol. The third-order valence-electron chi connectivity index (χ3n) is 4.44. The van der Waals surface area contributed by atoms with E-state index in [9.17, 15) is 4.79 Å². The van der Waals surface area contributed by atoms with Crippen molar-refractivity contribution in [1.82, 2.24) is 19.3 Å². The summed E-state index contributed by atoms with van der Waals surface area (Å²) in [5.74, 6) is 0.651. The quantitative estimate of drug-likeness (QED) is 0.685. The lowest BCUT2D eigenvalue weighted by molar-refractivity contribution is 0.0920. The number of carbonyl (C=O) groups is 1. The standard InChI is InChI=1S/C18H19N5O/c24-17(16-13-20-18-19-7-4-8-23(16)18)14-21-9-11-22(12-10-21)15-5-2-1-3-6-15/h1-8,13H,9-12,14H2. The number of benzene rings is 1. The predicted octanol–water partition coefficient (Wildman–Crippen LogP) is 1.73. The summed E-state index contributed by atoms with van der Waals surface area (Å²) in [6.45, 7) is 4.06.